The smallest absolute Gasteiger partial charge is 0.0421 e. The van der Waals surface area contributed by atoms with E-state index in [1.165, 1.54) is 30.5 Å². The first-order valence-corrected chi connectivity index (χ1v) is 6.28. The quantitative estimate of drug-likeness (QED) is 0.550. The summed E-state index contributed by atoms with van der Waals surface area (Å²) in [7, 11) is 0. The van der Waals surface area contributed by atoms with E-state index in [4.69, 9.17) is 4.99 Å². The van der Waals surface area contributed by atoms with Crippen LogP contribution in [0.4, 0.5) is 0 Å². The molecule has 0 aliphatic heterocycles. The van der Waals surface area contributed by atoms with Crippen LogP contribution in [-0.4, -0.2) is 5.71 Å². The van der Waals surface area contributed by atoms with Crippen LogP contribution in [0.3, 0.4) is 0 Å². The van der Waals surface area contributed by atoms with E-state index in [-0.39, 0.29) is 0 Å². The Balaban J connectivity index is 4.85. The van der Waals surface area contributed by atoms with Gasteiger partial charge in [-0.1, -0.05) is 38.8 Å². The molecule has 0 saturated carbocycles. The second-order valence-electron chi connectivity index (χ2n) is 4.91. The number of hydrogen-bond donors (Lipinski definition) is 0. The van der Waals surface area contributed by atoms with E-state index in [0.717, 1.165) is 11.3 Å². The average Bonchev–Trinajstić information content (AvgIpc) is 2.21. The molecule has 0 spiro atoms. The van der Waals surface area contributed by atoms with Gasteiger partial charge in [-0.2, -0.15) is 0 Å². The molecule has 0 heterocycles. The highest BCUT2D eigenvalue weighted by atomic mass is 14.8. The van der Waals surface area contributed by atoms with Crippen molar-refractivity contribution >= 4 is 5.71 Å². The Hall–Kier alpha value is -0.850. The van der Waals surface area contributed by atoms with Gasteiger partial charge in [0, 0.05) is 11.4 Å². The third-order valence-electron chi connectivity index (χ3n) is 2.88. The highest BCUT2D eigenvalue weighted by molar-refractivity contribution is 5.97. The fraction of sp³-hybridized carbons (Fsp3) is 0.667. The summed E-state index contributed by atoms with van der Waals surface area (Å²) in [6.45, 7) is 16.8. The molecular formula is C15H27N. The number of aliphatic imine (C=N–C) groups is 1. The molecule has 1 nitrogen and oxygen atoms in total. The Morgan fingerprint density at radius 3 is 2.12 bits per heavy atom. The van der Waals surface area contributed by atoms with Gasteiger partial charge in [-0.05, 0) is 45.6 Å². The molecule has 0 saturated heterocycles. The fourth-order valence-electron chi connectivity index (χ4n) is 1.64. The summed E-state index contributed by atoms with van der Waals surface area (Å²) < 4.78 is 0. The minimum Gasteiger partial charge on any atom is -0.258 e. The highest BCUT2D eigenvalue weighted by Gasteiger charge is 2.09. The van der Waals surface area contributed by atoms with Crippen LogP contribution >= 0.6 is 0 Å². The number of unbranched alkanes of at least 4 members (excludes halogenated alkanes) is 1. The zero-order chi connectivity index (χ0) is 12.7. The molecule has 0 bridgehead atoms. The molecule has 16 heavy (non-hydrogen) atoms. The van der Waals surface area contributed by atoms with Gasteiger partial charge in [0.2, 0.25) is 0 Å². The lowest BCUT2D eigenvalue weighted by Gasteiger charge is -2.15. The standard InChI is InChI=1S/C15H27N/c1-8-9-10-13(6)15(12(4)5)16-14(7)11(2)3/h13H,2,8-10H2,1,3-7H3/b16-14+. The van der Waals surface area contributed by atoms with Crippen LogP contribution < -0.4 is 0 Å². The van der Waals surface area contributed by atoms with Crippen LogP contribution in [-0.2, 0) is 0 Å². The molecule has 0 rings (SSSR count). The maximum atomic E-state index is 4.73. The van der Waals surface area contributed by atoms with Gasteiger partial charge in [-0.15, -0.1) is 0 Å². The van der Waals surface area contributed by atoms with Crippen molar-refractivity contribution in [1.29, 1.82) is 0 Å². The van der Waals surface area contributed by atoms with Gasteiger partial charge in [0.25, 0.3) is 0 Å². The molecule has 0 aromatic heterocycles. The van der Waals surface area contributed by atoms with Gasteiger partial charge in [-0.25, -0.2) is 0 Å². The predicted octanol–water partition coefficient (Wildman–Crippen LogP) is 5.14. The van der Waals surface area contributed by atoms with Gasteiger partial charge in [0.1, 0.15) is 0 Å². The van der Waals surface area contributed by atoms with Crippen molar-refractivity contribution in [3.05, 3.63) is 23.4 Å². The number of nitrogens with zero attached hydrogens (tertiary/aromatic N) is 1. The van der Waals surface area contributed by atoms with Crippen molar-refractivity contribution < 1.29 is 0 Å². The van der Waals surface area contributed by atoms with E-state index in [2.05, 4.69) is 34.3 Å². The first-order valence-electron chi connectivity index (χ1n) is 6.28. The molecular weight excluding hydrogens is 194 g/mol. The number of rotatable bonds is 6. The lowest BCUT2D eigenvalue weighted by molar-refractivity contribution is 0.563. The van der Waals surface area contributed by atoms with Gasteiger partial charge in [-0.3, -0.25) is 4.99 Å². The average molecular weight is 221 g/mol. The molecule has 92 valence electrons. The fourth-order valence-corrected chi connectivity index (χ4v) is 1.64. The maximum Gasteiger partial charge on any atom is 0.0421 e. The van der Waals surface area contributed by atoms with Crippen molar-refractivity contribution in [2.75, 3.05) is 0 Å². The minimum atomic E-state index is 0.555. The second-order valence-corrected chi connectivity index (χ2v) is 4.91. The number of allylic oxidation sites excluding steroid dienone is 3. The van der Waals surface area contributed by atoms with Crippen LogP contribution in [0, 0.1) is 5.92 Å². The first kappa shape index (κ1) is 15.2. The van der Waals surface area contributed by atoms with Crippen LogP contribution in [0.25, 0.3) is 0 Å². The maximum absolute atomic E-state index is 4.73. The van der Waals surface area contributed by atoms with Gasteiger partial charge >= 0.3 is 0 Å². The molecule has 1 atom stereocenters. The van der Waals surface area contributed by atoms with Crippen LogP contribution in [0.1, 0.15) is 60.8 Å². The normalized spacial score (nSPS) is 13.5. The lowest BCUT2D eigenvalue weighted by atomic mass is 9.97. The largest absolute Gasteiger partial charge is 0.258 e. The minimum absolute atomic E-state index is 0.555. The van der Waals surface area contributed by atoms with E-state index in [1.807, 2.05) is 13.8 Å². The van der Waals surface area contributed by atoms with Crippen molar-refractivity contribution in [1.82, 2.24) is 0 Å². The molecule has 1 heteroatoms. The Labute approximate surface area is 101 Å². The van der Waals surface area contributed by atoms with Gasteiger partial charge in [0.05, 0.1) is 0 Å². The summed E-state index contributed by atoms with van der Waals surface area (Å²) in [6, 6.07) is 0. The highest BCUT2D eigenvalue weighted by Crippen LogP contribution is 2.22. The van der Waals surface area contributed by atoms with Crippen LogP contribution in [0.15, 0.2) is 28.4 Å². The molecule has 0 aromatic rings. The summed E-state index contributed by atoms with van der Waals surface area (Å²) >= 11 is 0. The summed E-state index contributed by atoms with van der Waals surface area (Å²) in [5.74, 6) is 0.555. The van der Waals surface area contributed by atoms with E-state index >= 15 is 0 Å². The van der Waals surface area contributed by atoms with Crippen molar-refractivity contribution in [2.24, 2.45) is 10.9 Å². The molecule has 0 N–H and O–H groups in total. The third-order valence-corrected chi connectivity index (χ3v) is 2.88. The molecule has 0 fully saturated rings. The van der Waals surface area contributed by atoms with E-state index in [1.54, 1.807) is 0 Å². The molecule has 1 unspecified atom stereocenters. The zero-order valence-electron chi connectivity index (χ0n) is 11.9. The summed E-state index contributed by atoms with van der Waals surface area (Å²) in [4.78, 5) is 4.73. The topological polar surface area (TPSA) is 12.4 Å². The van der Waals surface area contributed by atoms with E-state index in [9.17, 15) is 0 Å². The molecule has 0 amide bonds. The molecule has 0 aliphatic rings. The second kappa shape index (κ2) is 7.43. The predicted molar refractivity (Wildman–Crippen MR) is 75.0 cm³/mol. The van der Waals surface area contributed by atoms with Gasteiger partial charge < -0.3 is 0 Å². The monoisotopic (exact) mass is 221 g/mol. The van der Waals surface area contributed by atoms with E-state index in [0.29, 0.717) is 5.92 Å². The zero-order valence-corrected chi connectivity index (χ0v) is 11.9. The first-order chi connectivity index (χ1) is 7.40. The summed E-state index contributed by atoms with van der Waals surface area (Å²) in [5.41, 5.74) is 4.68. The van der Waals surface area contributed by atoms with Crippen LogP contribution in [0.2, 0.25) is 0 Å². The Bertz CT molecular complexity index is 291. The Kier molecular flexibility index (Phi) is 7.03. The van der Waals surface area contributed by atoms with Crippen molar-refractivity contribution in [2.45, 2.75) is 60.8 Å². The van der Waals surface area contributed by atoms with Gasteiger partial charge in [0.15, 0.2) is 0 Å². The van der Waals surface area contributed by atoms with Crippen molar-refractivity contribution in [3.63, 3.8) is 0 Å². The van der Waals surface area contributed by atoms with E-state index < -0.39 is 0 Å². The van der Waals surface area contributed by atoms with Crippen molar-refractivity contribution in [3.8, 4) is 0 Å². The summed E-state index contributed by atoms with van der Waals surface area (Å²) in [5, 5.41) is 0. The molecule has 0 aliphatic carbocycles. The lowest BCUT2D eigenvalue weighted by Crippen LogP contribution is -2.03. The molecule has 0 radical (unpaired) electrons. The molecule has 0 aromatic carbocycles. The SMILES string of the molecule is C=C(C)/C(C)=N/C(=C(C)C)C(C)CCCC. The Morgan fingerprint density at radius 2 is 1.75 bits per heavy atom. The number of hydrogen-bond acceptors (Lipinski definition) is 1. The Morgan fingerprint density at radius 1 is 1.19 bits per heavy atom. The summed E-state index contributed by atoms with van der Waals surface area (Å²) in [6.07, 6.45) is 3.76. The third kappa shape index (κ3) is 5.29. The van der Waals surface area contributed by atoms with Crippen LogP contribution in [0.5, 0.6) is 0 Å².